The van der Waals surface area contributed by atoms with Gasteiger partial charge in [0.2, 0.25) is 0 Å². The molecule has 1 atom stereocenters. The molecule has 1 aliphatic carbocycles. The van der Waals surface area contributed by atoms with E-state index in [9.17, 15) is 10.4 Å². The molecule has 0 saturated heterocycles. The fourth-order valence-electron chi connectivity index (χ4n) is 3.08. The molecule has 0 heterocycles. The monoisotopic (exact) mass is 257 g/mol. The van der Waals surface area contributed by atoms with Gasteiger partial charge in [0.05, 0.1) is 17.6 Å². The Kier molecular flexibility index (Phi) is 4.27. The minimum absolute atomic E-state index is 0.556. The average Bonchev–Trinajstić information content (AvgIpc) is 2.88. The molecule has 1 aromatic carbocycles. The molecule has 19 heavy (non-hydrogen) atoms. The van der Waals surface area contributed by atoms with Crippen LogP contribution in [0.25, 0.3) is 0 Å². The van der Waals surface area contributed by atoms with E-state index in [0.717, 1.165) is 37.7 Å². The Morgan fingerprint density at radius 3 is 2.26 bits per heavy atom. The number of hydrogen-bond donors (Lipinski definition) is 1. The van der Waals surface area contributed by atoms with Crippen LogP contribution in [0.15, 0.2) is 24.3 Å². The van der Waals surface area contributed by atoms with Gasteiger partial charge in [0.25, 0.3) is 0 Å². The summed E-state index contributed by atoms with van der Waals surface area (Å²) in [4.78, 5) is 0. The predicted molar refractivity (Wildman–Crippen MR) is 76.5 cm³/mol. The van der Waals surface area contributed by atoms with E-state index < -0.39 is 11.5 Å². The predicted octanol–water partition coefficient (Wildman–Crippen LogP) is 4.00. The molecule has 1 aliphatic rings. The SMILES string of the molecule is CC(C)Cc1ccc(C(O)C2(C#N)CCCC2)cc1. The number of hydrogen-bond acceptors (Lipinski definition) is 2. The van der Waals surface area contributed by atoms with Crippen molar-refractivity contribution in [2.75, 3.05) is 0 Å². The van der Waals surface area contributed by atoms with E-state index in [4.69, 9.17) is 0 Å². The molecule has 102 valence electrons. The maximum Gasteiger partial charge on any atom is 0.0976 e. The Labute approximate surface area is 116 Å². The summed E-state index contributed by atoms with van der Waals surface area (Å²) in [6.07, 6.45) is 4.15. The van der Waals surface area contributed by atoms with Crippen LogP contribution in [-0.2, 0) is 6.42 Å². The van der Waals surface area contributed by atoms with Crippen LogP contribution >= 0.6 is 0 Å². The lowest BCUT2D eigenvalue weighted by Gasteiger charge is -2.27. The van der Waals surface area contributed by atoms with Gasteiger partial charge in [-0.05, 0) is 36.3 Å². The molecule has 2 rings (SSSR count). The largest absolute Gasteiger partial charge is 0.387 e. The van der Waals surface area contributed by atoms with Crippen LogP contribution < -0.4 is 0 Å². The van der Waals surface area contributed by atoms with Crippen LogP contribution in [0.3, 0.4) is 0 Å². The summed E-state index contributed by atoms with van der Waals surface area (Å²) in [5, 5.41) is 19.9. The van der Waals surface area contributed by atoms with Crippen molar-refractivity contribution in [2.45, 2.75) is 52.1 Å². The Bertz CT molecular complexity index is 449. The van der Waals surface area contributed by atoms with E-state index >= 15 is 0 Å². The molecule has 1 unspecified atom stereocenters. The van der Waals surface area contributed by atoms with Gasteiger partial charge in [-0.1, -0.05) is 51.0 Å². The van der Waals surface area contributed by atoms with Crippen molar-refractivity contribution in [1.29, 1.82) is 5.26 Å². The van der Waals surface area contributed by atoms with E-state index in [1.807, 2.05) is 12.1 Å². The topological polar surface area (TPSA) is 44.0 Å². The lowest BCUT2D eigenvalue weighted by atomic mass is 9.78. The zero-order chi connectivity index (χ0) is 13.9. The molecule has 0 aliphatic heterocycles. The summed E-state index contributed by atoms with van der Waals surface area (Å²) in [6, 6.07) is 10.5. The van der Waals surface area contributed by atoms with Gasteiger partial charge in [0, 0.05) is 0 Å². The second-order valence-corrected chi connectivity index (χ2v) is 6.22. The van der Waals surface area contributed by atoms with Crippen molar-refractivity contribution in [1.82, 2.24) is 0 Å². The van der Waals surface area contributed by atoms with Crippen LogP contribution in [0.2, 0.25) is 0 Å². The van der Waals surface area contributed by atoms with Crippen molar-refractivity contribution in [2.24, 2.45) is 11.3 Å². The number of nitrogens with zero attached hydrogens (tertiary/aromatic N) is 1. The van der Waals surface area contributed by atoms with Crippen molar-refractivity contribution in [3.05, 3.63) is 35.4 Å². The lowest BCUT2D eigenvalue weighted by molar-refractivity contribution is 0.0671. The van der Waals surface area contributed by atoms with E-state index in [1.54, 1.807) is 0 Å². The number of rotatable bonds is 4. The van der Waals surface area contributed by atoms with Crippen LogP contribution in [0.4, 0.5) is 0 Å². The second-order valence-electron chi connectivity index (χ2n) is 6.22. The van der Waals surface area contributed by atoms with Gasteiger partial charge in [-0.15, -0.1) is 0 Å². The van der Waals surface area contributed by atoms with Crippen molar-refractivity contribution >= 4 is 0 Å². The molecule has 0 amide bonds. The summed E-state index contributed by atoms with van der Waals surface area (Å²) in [6.45, 7) is 4.40. The molecule has 1 fully saturated rings. The second kappa shape index (κ2) is 5.75. The quantitative estimate of drug-likeness (QED) is 0.886. The Hall–Kier alpha value is -1.33. The summed E-state index contributed by atoms with van der Waals surface area (Å²) in [5.41, 5.74) is 1.62. The molecule has 0 aromatic heterocycles. The molecule has 1 aromatic rings. The molecule has 2 heteroatoms. The van der Waals surface area contributed by atoms with Crippen LogP contribution in [0.5, 0.6) is 0 Å². The molecule has 2 nitrogen and oxygen atoms in total. The van der Waals surface area contributed by atoms with Crippen molar-refractivity contribution < 1.29 is 5.11 Å². The zero-order valence-corrected chi connectivity index (χ0v) is 11.9. The van der Waals surface area contributed by atoms with E-state index in [1.165, 1.54) is 5.56 Å². The fraction of sp³-hybridized carbons (Fsp3) is 0.588. The first-order chi connectivity index (χ1) is 9.07. The fourth-order valence-corrected chi connectivity index (χ4v) is 3.08. The van der Waals surface area contributed by atoms with E-state index in [-0.39, 0.29) is 0 Å². The highest BCUT2D eigenvalue weighted by atomic mass is 16.3. The van der Waals surface area contributed by atoms with Crippen LogP contribution in [0, 0.1) is 22.7 Å². The summed E-state index contributed by atoms with van der Waals surface area (Å²) in [7, 11) is 0. The van der Waals surface area contributed by atoms with Gasteiger partial charge in [-0.2, -0.15) is 5.26 Å². The van der Waals surface area contributed by atoms with E-state index in [0.29, 0.717) is 5.92 Å². The summed E-state index contributed by atoms with van der Waals surface area (Å²) < 4.78 is 0. The maximum absolute atomic E-state index is 10.5. The number of nitriles is 1. The van der Waals surface area contributed by atoms with E-state index in [2.05, 4.69) is 32.0 Å². The van der Waals surface area contributed by atoms with Crippen molar-refractivity contribution in [3.63, 3.8) is 0 Å². The standard InChI is InChI=1S/C17H23NO/c1-13(2)11-14-5-7-15(8-6-14)16(19)17(12-18)9-3-4-10-17/h5-8,13,16,19H,3-4,9-11H2,1-2H3. The lowest BCUT2D eigenvalue weighted by Crippen LogP contribution is -2.23. The van der Waals surface area contributed by atoms with Crippen molar-refractivity contribution in [3.8, 4) is 6.07 Å². The normalized spacial score (nSPS) is 19.3. The third-order valence-corrected chi connectivity index (χ3v) is 4.18. The molecular weight excluding hydrogens is 234 g/mol. The Morgan fingerprint density at radius 1 is 1.21 bits per heavy atom. The highest BCUT2D eigenvalue weighted by molar-refractivity contribution is 5.28. The van der Waals surface area contributed by atoms with Gasteiger partial charge >= 0.3 is 0 Å². The minimum atomic E-state index is -0.645. The smallest absolute Gasteiger partial charge is 0.0976 e. The number of aliphatic hydroxyl groups excluding tert-OH is 1. The average molecular weight is 257 g/mol. The molecule has 0 radical (unpaired) electrons. The van der Waals surface area contributed by atoms with Crippen LogP contribution in [-0.4, -0.2) is 5.11 Å². The van der Waals surface area contributed by atoms with Gasteiger partial charge in [-0.3, -0.25) is 0 Å². The van der Waals surface area contributed by atoms with Crippen LogP contribution in [0.1, 0.15) is 56.8 Å². The molecule has 0 spiro atoms. The van der Waals surface area contributed by atoms with Gasteiger partial charge in [0.1, 0.15) is 0 Å². The number of aliphatic hydroxyl groups is 1. The van der Waals surface area contributed by atoms with Gasteiger partial charge in [-0.25, -0.2) is 0 Å². The first-order valence-electron chi connectivity index (χ1n) is 7.25. The number of benzene rings is 1. The molecule has 1 N–H and O–H groups in total. The third-order valence-electron chi connectivity index (χ3n) is 4.18. The summed E-state index contributed by atoms with van der Waals surface area (Å²) >= 11 is 0. The minimum Gasteiger partial charge on any atom is -0.387 e. The highest BCUT2D eigenvalue weighted by Crippen LogP contribution is 2.47. The van der Waals surface area contributed by atoms with Gasteiger partial charge in [0.15, 0.2) is 0 Å². The molecular formula is C17H23NO. The maximum atomic E-state index is 10.5. The third kappa shape index (κ3) is 2.98. The first kappa shape index (κ1) is 14.1. The molecule has 0 bridgehead atoms. The Balaban J connectivity index is 2.15. The summed E-state index contributed by atoms with van der Waals surface area (Å²) in [5.74, 6) is 0.635. The zero-order valence-electron chi connectivity index (χ0n) is 11.9. The highest BCUT2D eigenvalue weighted by Gasteiger charge is 2.41. The van der Waals surface area contributed by atoms with Gasteiger partial charge < -0.3 is 5.11 Å². The Morgan fingerprint density at radius 2 is 1.79 bits per heavy atom. The molecule has 1 saturated carbocycles. The first-order valence-corrected chi connectivity index (χ1v) is 7.25.